The van der Waals surface area contributed by atoms with Crippen molar-refractivity contribution in [1.29, 1.82) is 0 Å². The third-order valence-electron chi connectivity index (χ3n) is 5.03. The van der Waals surface area contributed by atoms with Gasteiger partial charge in [0.05, 0.1) is 6.20 Å². The van der Waals surface area contributed by atoms with E-state index in [1.807, 2.05) is 20.8 Å². The minimum Gasteiger partial charge on any atom is -0.444 e. The Labute approximate surface area is 185 Å². The largest absolute Gasteiger partial charge is 0.573 e. The van der Waals surface area contributed by atoms with Crippen LogP contribution in [0.4, 0.5) is 18.0 Å². The molecule has 3 rings (SSSR count). The number of amides is 1. The van der Waals surface area contributed by atoms with Crippen LogP contribution in [0, 0.1) is 18.3 Å². The van der Waals surface area contributed by atoms with E-state index in [2.05, 4.69) is 15.8 Å². The van der Waals surface area contributed by atoms with Crippen molar-refractivity contribution in [3.05, 3.63) is 36.2 Å². The normalized spacial score (nSPS) is 15.3. The zero-order valence-electron chi connectivity index (χ0n) is 18.3. The highest BCUT2D eigenvalue weighted by molar-refractivity contribution is 5.71. The van der Waals surface area contributed by atoms with E-state index in [0.29, 0.717) is 30.8 Å². The summed E-state index contributed by atoms with van der Waals surface area (Å²) in [7, 11) is 0. The molecule has 1 aromatic heterocycles. The first-order chi connectivity index (χ1) is 14.9. The molecular weight excluding hydrogens is 423 g/mol. The molecule has 6 nitrogen and oxygen atoms in total. The molecule has 0 unspecified atom stereocenters. The number of alkyl halides is 3. The molecule has 0 aliphatic carbocycles. The third-order valence-corrected chi connectivity index (χ3v) is 5.03. The molecule has 0 radical (unpaired) electrons. The molecule has 0 saturated carbocycles. The number of hydrogen-bond acceptors (Lipinski definition) is 4. The molecule has 32 heavy (non-hydrogen) atoms. The standard InChI is InChI=1S/C23H26F3N3O3/c1-5-16-6-7-20(31-23(24,25)26)19(12-16)18-13-27-29(15-18)14-17-8-10-28(11-9-17)21(30)32-22(2,3)4/h1,6-7,12-13,15,17H,8-11,14H2,2-4H3. The van der Waals surface area contributed by atoms with Gasteiger partial charge in [-0.15, -0.1) is 19.6 Å². The lowest BCUT2D eigenvalue weighted by atomic mass is 9.97. The van der Waals surface area contributed by atoms with E-state index in [1.54, 1.807) is 15.8 Å². The quantitative estimate of drug-likeness (QED) is 0.611. The van der Waals surface area contributed by atoms with Crippen LogP contribution in [0.3, 0.4) is 0 Å². The van der Waals surface area contributed by atoms with Crippen molar-refractivity contribution in [1.82, 2.24) is 14.7 Å². The van der Waals surface area contributed by atoms with Crippen LogP contribution in [-0.4, -0.2) is 45.8 Å². The summed E-state index contributed by atoms with van der Waals surface area (Å²) in [6, 6.07) is 4.08. The summed E-state index contributed by atoms with van der Waals surface area (Å²) >= 11 is 0. The van der Waals surface area contributed by atoms with E-state index in [4.69, 9.17) is 11.2 Å². The van der Waals surface area contributed by atoms with Crippen LogP contribution in [-0.2, 0) is 11.3 Å². The van der Waals surface area contributed by atoms with Crippen molar-refractivity contribution in [2.45, 2.75) is 52.1 Å². The number of hydrogen-bond donors (Lipinski definition) is 0. The van der Waals surface area contributed by atoms with Gasteiger partial charge in [-0.1, -0.05) is 5.92 Å². The van der Waals surface area contributed by atoms with E-state index in [0.717, 1.165) is 12.8 Å². The van der Waals surface area contributed by atoms with Crippen molar-refractivity contribution in [2.75, 3.05) is 13.1 Å². The van der Waals surface area contributed by atoms with E-state index in [9.17, 15) is 18.0 Å². The van der Waals surface area contributed by atoms with Crippen molar-refractivity contribution in [3.63, 3.8) is 0 Å². The van der Waals surface area contributed by atoms with Crippen molar-refractivity contribution in [3.8, 4) is 29.2 Å². The Hall–Kier alpha value is -3.15. The minimum atomic E-state index is -4.81. The molecule has 1 aromatic carbocycles. The van der Waals surface area contributed by atoms with Crippen LogP contribution in [0.15, 0.2) is 30.6 Å². The zero-order valence-corrected chi connectivity index (χ0v) is 18.3. The molecule has 1 saturated heterocycles. The Bertz CT molecular complexity index is 994. The maximum atomic E-state index is 12.8. The van der Waals surface area contributed by atoms with Gasteiger partial charge in [0.25, 0.3) is 0 Å². The Morgan fingerprint density at radius 3 is 2.53 bits per heavy atom. The van der Waals surface area contributed by atoms with E-state index in [-0.39, 0.29) is 23.3 Å². The number of carbonyl (C=O) groups excluding carboxylic acids is 1. The zero-order chi connectivity index (χ0) is 23.5. The summed E-state index contributed by atoms with van der Waals surface area (Å²) < 4.78 is 49.6. The molecule has 1 aliphatic rings. The average molecular weight is 449 g/mol. The summed E-state index contributed by atoms with van der Waals surface area (Å²) in [5.41, 5.74) is 0.609. The molecule has 2 aromatic rings. The molecule has 172 valence electrons. The van der Waals surface area contributed by atoms with Gasteiger partial charge in [-0.2, -0.15) is 5.10 Å². The van der Waals surface area contributed by atoms with Gasteiger partial charge in [0, 0.05) is 42.5 Å². The lowest BCUT2D eigenvalue weighted by Crippen LogP contribution is -2.42. The highest BCUT2D eigenvalue weighted by atomic mass is 19.4. The van der Waals surface area contributed by atoms with Crippen LogP contribution in [0.25, 0.3) is 11.1 Å². The second-order valence-corrected chi connectivity index (χ2v) is 8.76. The van der Waals surface area contributed by atoms with Crippen molar-refractivity contribution in [2.24, 2.45) is 5.92 Å². The molecule has 1 amide bonds. The molecule has 1 aliphatic heterocycles. The van der Waals surface area contributed by atoms with E-state index >= 15 is 0 Å². The molecule has 0 atom stereocenters. The second kappa shape index (κ2) is 9.15. The van der Waals surface area contributed by atoms with Gasteiger partial charge in [0.15, 0.2) is 0 Å². The summed E-state index contributed by atoms with van der Waals surface area (Å²) in [6.07, 6.45) is 5.00. The molecule has 0 bridgehead atoms. The first-order valence-corrected chi connectivity index (χ1v) is 10.3. The Morgan fingerprint density at radius 1 is 1.25 bits per heavy atom. The molecular formula is C23H26F3N3O3. The number of benzene rings is 1. The Kier molecular flexibility index (Phi) is 6.72. The molecule has 0 N–H and O–H groups in total. The lowest BCUT2D eigenvalue weighted by molar-refractivity contribution is -0.274. The van der Waals surface area contributed by atoms with Crippen LogP contribution in [0.1, 0.15) is 39.2 Å². The SMILES string of the molecule is C#Cc1ccc(OC(F)(F)F)c(-c2cnn(CC3CCN(C(=O)OC(C)(C)C)CC3)c2)c1. The molecule has 1 fully saturated rings. The summed E-state index contributed by atoms with van der Waals surface area (Å²) in [4.78, 5) is 13.9. The van der Waals surface area contributed by atoms with Gasteiger partial charge < -0.3 is 14.4 Å². The fourth-order valence-corrected chi connectivity index (χ4v) is 3.55. The van der Waals surface area contributed by atoms with Gasteiger partial charge in [-0.05, 0) is 57.7 Å². The number of aromatic nitrogens is 2. The summed E-state index contributed by atoms with van der Waals surface area (Å²) in [5.74, 6) is 2.37. The van der Waals surface area contributed by atoms with Gasteiger partial charge in [0.2, 0.25) is 0 Å². The first kappa shape index (κ1) is 23.5. The highest BCUT2D eigenvalue weighted by Crippen LogP contribution is 2.34. The van der Waals surface area contributed by atoms with E-state index < -0.39 is 12.0 Å². The minimum absolute atomic E-state index is 0.226. The number of carbonyl (C=O) groups is 1. The molecule has 2 heterocycles. The highest BCUT2D eigenvalue weighted by Gasteiger charge is 2.32. The van der Waals surface area contributed by atoms with Crippen molar-refractivity contribution < 1.29 is 27.4 Å². The number of likely N-dealkylation sites (tertiary alicyclic amines) is 1. The number of rotatable bonds is 4. The predicted molar refractivity (Wildman–Crippen MR) is 113 cm³/mol. The maximum absolute atomic E-state index is 12.8. The second-order valence-electron chi connectivity index (χ2n) is 8.76. The van der Waals surface area contributed by atoms with Gasteiger partial charge in [0.1, 0.15) is 11.4 Å². The van der Waals surface area contributed by atoms with Gasteiger partial charge >= 0.3 is 12.5 Å². The van der Waals surface area contributed by atoms with Crippen LogP contribution >= 0.6 is 0 Å². The number of nitrogens with zero attached hydrogens (tertiary/aromatic N) is 3. The Balaban J connectivity index is 1.66. The van der Waals surface area contributed by atoms with Gasteiger partial charge in [-0.3, -0.25) is 4.68 Å². The smallest absolute Gasteiger partial charge is 0.444 e. The maximum Gasteiger partial charge on any atom is 0.573 e. The monoisotopic (exact) mass is 449 g/mol. The third kappa shape index (κ3) is 6.42. The van der Waals surface area contributed by atoms with Crippen LogP contribution in [0.2, 0.25) is 0 Å². The Morgan fingerprint density at radius 2 is 1.94 bits per heavy atom. The topological polar surface area (TPSA) is 56.6 Å². The van der Waals surface area contributed by atoms with Crippen LogP contribution in [0.5, 0.6) is 5.75 Å². The number of terminal acetylenes is 1. The fourth-order valence-electron chi connectivity index (χ4n) is 3.55. The first-order valence-electron chi connectivity index (χ1n) is 10.3. The number of piperidine rings is 1. The average Bonchev–Trinajstić information content (AvgIpc) is 3.14. The number of halogens is 3. The lowest BCUT2D eigenvalue weighted by Gasteiger charge is -2.33. The summed E-state index contributed by atoms with van der Waals surface area (Å²) in [5, 5.41) is 4.31. The predicted octanol–water partition coefficient (Wildman–Crippen LogP) is 5.08. The van der Waals surface area contributed by atoms with Gasteiger partial charge in [-0.25, -0.2) is 4.79 Å². The van der Waals surface area contributed by atoms with Crippen LogP contribution < -0.4 is 4.74 Å². The summed E-state index contributed by atoms with van der Waals surface area (Å²) in [6.45, 7) is 7.25. The fraction of sp³-hybridized carbons (Fsp3) is 0.478. The molecule has 0 spiro atoms. The van der Waals surface area contributed by atoms with E-state index in [1.165, 1.54) is 24.4 Å². The number of ether oxygens (including phenoxy) is 2. The molecule has 9 heteroatoms. The van der Waals surface area contributed by atoms with Crippen molar-refractivity contribution >= 4 is 6.09 Å².